The van der Waals surface area contributed by atoms with E-state index in [-0.39, 0.29) is 0 Å². The van der Waals surface area contributed by atoms with Crippen LogP contribution < -0.4 is 11.5 Å². The number of aryl methyl sites for hydroxylation is 2. The van der Waals surface area contributed by atoms with Crippen LogP contribution >= 0.6 is 0 Å². The number of amides is 1. The molecule has 1 amide bonds. The van der Waals surface area contributed by atoms with Gasteiger partial charge in [0.1, 0.15) is 0 Å². The summed E-state index contributed by atoms with van der Waals surface area (Å²) in [5, 5.41) is 0. The molecule has 0 aliphatic rings. The molecule has 0 aliphatic heterocycles. The Hall–Kier alpha value is -1.35. The summed E-state index contributed by atoms with van der Waals surface area (Å²) in [6.45, 7) is 2.09. The standard InChI is InChI=1S/C12H18N2O/c1-9-5-2-3-6-10(9)7-4-8-11(13)12(14)15/h2-3,5-6,11H,4,7-8,13H2,1H3,(H2,14,15). The number of carbonyl (C=O) groups is 1. The predicted molar refractivity (Wildman–Crippen MR) is 61.3 cm³/mol. The van der Waals surface area contributed by atoms with Crippen molar-refractivity contribution in [2.24, 2.45) is 11.5 Å². The van der Waals surface area contributed by atoms with E-state index in [2.05, 4.69) is 19.1 Å². The van der Waals surface area contributed by atoms with E-state index < -0.39 is 11.9 Å². The second kappa shape index (κ2) is 5.51. The van der Waals surface area contributed by atoms with Crippen LogP contribution in [0.4, 0.5) is 0 Å². The summed E-state index contributed by atoms with van der Waals surface area (Å²) in [4.78, 5) is 10.7. The summed E-state index contributed by atoms with van der Waals surface area (Å²) >= 11 is 0. The van der Waals surface area contributed by atoms with Crippen LogP contribution in [0.2, 0.25) is 0 Å². The minimum absolute atomic E-state index is 0.417. The lowest BCUT2D eigenvalue weighted by Crippen LogP contribution is -2.36. The fourth-order valence-electron chi connectivity index (χ4n) is 1.55. The van der Waals surface area contributed by atoms with Gasteiger partial charge in [-0.3, -0.25) is 4.79 Å². The first-order valence-electron chi connectivity index (χ1n) is 5.20. The van der Waals surface area contributed by atoms with Gasteiger partial charge >= 0.3 is 0 Å². The van der Waals surface area contributed by atoms with Crippen molar-refractivity contribution in [1.82, 2.24) is 0 Å². The Morgan fingerprint density at radius 2 is 2.07 bits per heavy atom. The Morgan fingerprint density at radius 3 is 2.67 bits per heavy atom. The van der Waals surface area contributed by atoms with Gasteiger partial charge in [0, 0.05) is 0 Å². The van der Waals surface area contributed by atoms with Gasteiger partial charge in [0.2, 0.25) is 5.91 Å². The zero-order chi connectivity index (χ0) is 11.3. The summed E-state index contributed by atoms with van der Waals surface area (Å²) in [7, 11) is 0. The van der Waals surface area contributed by atoms with Crippen molar-refractivity contribution in [3.8, 4) is 0 Å². The number of hydrogen-bond acceptors (Lipinski definition) is 2. The van der Waals surface area contributed by atoms with E-state index >= 15 is 0 Å². The Kier molecular flexibility index (Phi) is 4.31. The Morgan fingerprint density at radius 1 is 1.40 bits per heavy atom. The maximum absolute atomic E-state index is 10.7. The predicted octanol–water partition coefficient (Wildman–Crippen LogP) is 1.13. The molecule has 1 unspecified atom stereocenters. The highest BCUT2D eigenvalue weighted by Crippen LogP contribution is 2.11. The topological polar surface area (TPSA) is 69.1 Å². The molecule has 0 bridgehead atoms. The van der Waals surface area contributed by atoms with E-state index in [0.29, 0.717) is 6.42 Å². The zero-order valence-corrected chi connectivity index (χ0v) is 9.07. The second-order valence-corrected chi connectivity index (χ2v) is 3.83. The maximum atomic E-state index is 10.7. The molecule has 15 heavy (non-hydrogen) atoms. The third-order valence-electron chi connectivity index (χ3n) is 2.59. The molecule has 0 aromatic heterocycles. The van der Waals surface area contributed by atoms with Gasteiger partial charge in [0.15, 0.2) is 0 Å². The van der Waals surface area contributed by atoms with Crippen molar-refractivity contribution in [2.75, 3.05) is 0 Å². The van der Waals surface area contributed by atoms with Crippen molar-refractivity contribution in [3.05, 3.63) is 35.4 Å². The molecule has 0 heterocycles. The monoisotopic (exact) mass is 206 g/mol. The lowest BCUT2D eigenvalue weighted by atomic mass is 10.0. The normalized spacial score (nSPS) is 12.4. The first-order valence-corrected chi connectivity index (χ1v) is 5.20. The molecule has 1 aromatic carbocycles. The molecule has 3 nitrogen and oxygen atoms in total. The van der Waals surface area contributed by atoms with Crippen molar-refractivity contribution in [3.63, 3.8) is 0 Å². The first-order chi connectivity index (χ1) is 7.11. The number of hydrogen-bond donors (Lipinski definition) is 2. The van der Waals surface area contributed by atoms with Crippen LogP contribution in [0.1, 0.15) is 24.0 Å². The van der Waals surface area contributed by atoms with Gasteiger partial charge in [0.25, 0.3) is 0 Å². The van der Waals surface area contributed by atoms with Crippen molar-refractivity contribution < 1.29 is 4.79 Å². The smallest absolute Gasteiger partial charge is 0.234 e. The van der Waals surface area contributed by atoms with Crippen molar-refractivity contribution >= 4 is 5.91 Å². The van der Waals surface area contributed by atoms with Crippen LogP contribution in [-0.4, -0.2) is 11.9 Å². The van der Waals surface area contributed by atoms with E-state index in [0.717, 1.165) is 12.8 Å². The highest BCUT2D eigenvalue weighted by atomic mass is 16.1. The van der Waals surface area contributed by atoms with Gasteiger partial charge in [-0.2, -0.15) is 0 Å². The molecule has 82 valence electrons. The third kappa shape index (κ3) is 3.72. The summed E-state index contributed by atoms with van der Waals surface area (Å²) < 4.78 is 0. The van der Waals surface area contributed by atoms with Gasteiger partial charge in [-0.15, -0.1) is 0 Å². The highest BCUT2D eigenvalue weighted by molar-refractivity contribution is 5.79. The molecule has 1 atom stereocenters. The van der Waals surface area contributed by atoms with Gasteiger partial charge in [-0.25, -0.2) is 0 Å². The average Bonchev–Trinajstić information content (AvgIpc) is 2.20. The summed E-state index contributed by atoms with van der Waals surface area (Å²) in [6, 6.07) is 7.73. The number of carbonyl (C=O) groups excluding carboxylic acids is 1. The van der Waals surface area contributed by atoms with Gasteiger partial charge in [-0.05, 0) is 37.3 Å². The Balaban J connectivity index is 2.38. The van der Waals surface area contributed by atoms with Crippen LogP contribution in [0.15, 0.2) is 24.3 Å². The van der Waals surface area contributed by atoms with Crippen LogP contribution in [0, 0.1) is 6.92 Å². The average molecular weight is 206 g/mol. The summed E-state index contributed by atoms with van der Waals surface area (Å²) in [5.74, 6) is -0.417. The molecular weight excluding hydrogens is 188 g/mol. The van der Waals surface area contributed by atoms with Crippen LogP contribution in [0.25, 0.3) is 0 Å². The van der Waals surface area contributed by atoms with Crippen LogP contribution in [0.3, 0.4) is 0 Å². The van der Waals surface area contributed by atoms with Crippen molar-refractivity contribution in [1.29, 1.82) is 0 Å². The lowest BCUT2D eigenvalue weighted by Gasteiger charge is -2.08. The summed E-state index contributed by atoms with van der Waals surface area (Å²) in [5.41, 5.74) is 13.2. The third-order valence-corrected chi connectivity index (χ3v) is 2.59. The van der Waals surface area contributed by atoms with Gasteiger partial charge < -0.3 is 11.5 Å². The largest absolute Gasteiger partial charge is 0.368 e. The molecule has 0 radical (unpaired) electrons. The first kappa shape index (κ1) is 11.7. The molecule has 1 rings (SSSR count). The van der Waals surface area contributed by atoms with E-state index in [1.807, 2.05) is 12.1 Å². The van der Waals surface area contributed by atoms with E-state index in [9.17, 15) is 4.79 Å². The van der Waals surface area contributed by atoms with E-state index in [4.69, 9.17) is 11.5 Å². The molecule has 0 spiro atoms. The second-order valence-electron chi connectivity index (χ2n) is 3.83. The molecular formula is C12H18N2O. The van der Waals surface area contributed by atoms with Gasteiger partial charge in [0.05, 0.1) is 6.04 Å². The number of nitrogens with two attached hydrogens (primary N) is 2. The molecule has 0 aliphatic carbocycles. The van der Waals surface area contributed by atoms with Gasteiger partial charge in [-0.1, -0.05) is 24.3 Å². The molecule has 4 N–H and O–H groups in total. The Bertz CT molecular complexity index is 336. The molecule has 1 aromatic rings. The number of primary amides is 1. The van der Waals surface area contributed by atoms with E-state index in [1.165, 1.54) is 11.1 Å². The lowest BCUT2D eigenvalue weighted by molar-refractivity contribution is -0.119. The minimum Gasteiger partial charge on any atom is -0.368 e. The fourth-order valence-corrected chi connectivity index (χ4v) is 1.55. The number of benzene rings is 1. The van der Waals surface area contributed by atoms with Crippen molar-refractivity contribution in [2.45, 2.75) is 32.2 Å². The molecule has 0 saturated carbocycles. The minimum atomic E-state index is -0.506. The highest BCUT2D eigenvalue weighted by Gasteiger charge is 2.08. The van der Waals surface area contributed by atoms with E-state index in [1.54, 1.807) is 0 Å². The quantitative estimate of drug-likeness (QED) is 0.758. The Labute approximate surface area is 90.5 Å². The van der Waals surface area contributed by atoms with Crippen LogP contribution in [-0.2, 0) is 11.2 Å². The number of rotatable bonds is 5. The molecule has 3 heteroatoms. The maximum Gasteiger partial charge on any atom is 0.234 e. The summed E-state index contributed by atoms with van der Waals surface area (Å²) in [6.07, 6.45) is 2.51. The molecule has 0 fully saturated rings. The van der Waals surface area contributed by atoms with Crippen LogP contribution in [0.5, 0.6) is 0 Å². The molecule has 0 saturated heterocycles. The SMILES string of the molecule is Cc1ccccc1CCCC(N)C(N)=O. The fraction of sp³-hybridized carbons (Fsp3) is 0.417. The zero-order valence-electron chi connectivity index (χ0n) is 9.07.